The molecule has 0 saturated carbocycles. The van der Waals surface area contributed by atoms with Gasteiger partial charge < -0.3 is 15.2 Å². The monoisotopic (exact) mass is 261 g/mol. The molecule has 0 fully saturated rings. The van der Waals surface area contributed by atoms with Crippen molar-refractivity contribution in [1.82, 2.24) is 0 Å². The number of hydrogen-bond donors (Lipinski definition) is 1. The lowest BCUT2D eigenvalue weighted by atomic mass is 10.1. The molecule has 0 aromatic heterocycles. The Morgan fingerprint density at radius 3 is 2.32 bits per heavy atom. The van der Waals surface area contributed by atoms with Crippen LogP contribution in [0.2, 0.25) is 0 Å². The predicted molar refractivity (Wildman–Crippen MR) is 72.9 cm³/mol. The molecule has 0 bridgehead atoms. The largest absolute Gasteiger partial charge is 0.497 e. The lowest BCUT2D eigenvalue weighted by Crippen LogP contribution is -2.11. The Kier molecular flexibility index (Phi) is 4.36. The first-order valence-corrected chi connectivity index (χ1v) is 6.01. The molecule has 0 radical (unpaired) electrons. The Morgan fingerprint density at radius 1 is 1.05 bits per heavy atom. The Hall–Kier alpha value is -2.07. The highest BCUT2D eigenvalue weighted by atomic mass is 19.1. The van der Waals surface area contributed by atoms with E-state index in [1.54, 1.807) is 13.2 Å². The molecule has 0 aliphatic carbocycles. The van der Waals surface area contributed by atoms with Crippen LogP contribution in [0.25, 0.3) is 11.1 Å². The van der Waals surface area contributed by atoms with Gasteiger partial charge in [0.2, 0.25) is 0 Å². The molecule has 0 spiro atoms. The Bertz CT molecular complexity index is 540. The van der Waals surface area contributed by atoms with Crippen LogP contribution in [0.4, 0.5) is 4.39 Å². The summed E-state index contributed by atoms with van der Waals surface area (Å²) in [7, 11) is 1.61. The lowest BCUT2D eigenvalue weighted by molar-refractivity contribution is 0.311. The fraction of sp³-hybridized carbons (Fsp3) is 0.200. The standard InChI is InChI=1S/C15H16FNO2/c1-18-13-5-2-11(3-6-13)12-4-7-15(14(16)10-12)19-9-8-17/h2-7,10H,8-9,17H2,1H3. The Morgan fingerprint density at radius 2 is 1.74 bits per heavy atom. The number of hydrogen-bond acceptors (Lipinski definition) is 3. The summed E-state index contributed by atoms with van der Waals surface area (Å²) in [5.41, 5.74) is 7.03. The molecule has 0 unspecified atom stereocenters. The van der Waals surface area contributed by atoms with E-state index in [0.29, 0.717) is 13.2 Å². The number of ether oxygens (including phenoxy) is 2. The number of rotatable bonds is 5. The van der Waals surface area contributed by atoms with Crippen molar-refractivity contribution in [1.29, 1.82) is 0 Å². The minimum absolute atomic E-state index is 0.225. The highest BCUT2D eigenvalue weighted by Gasteiger charge is 2.06. The van der Waals surface area contributed by atoms with Crippen LogP contribution >= 0.6 is 0 Å². The zero-order valence-corrected chi connectivity index (χ0v) is 10.7. The first kappa shape index (κ1) is 13.4. The van der Waals surface area contributed by atoms with Crippen LogP contribution in [0.3, 0.4) is 0 Å². The third-order valence-electron chi connectivity index (χ3n) is 2.73. The second kappa shape index (κ2) is 6.20. The van der Waals surface area contributed by atoms with Crippen LogP contribution in [0.1, 0.15) is 0 Å². The van der Waals surface area contributed by atoms with Gasteiger partial charge in [0, 0.05) is 6.54 Å². The van der Waals surface area contributed by atoms with Crippen molar-refractivity contribution < 1.29 is 13.9 Å². The van der Waals surface area contributed by atoms with E-state index in [9.17, 15) is 4.39 Å². The van der Waals surface area contributed by atoms with Gasteiger partial charge in [0.15, 0.2) is 11.6 Å². The van der Waals surface area contributed by atoms with Crippen LogP contribution < -0.4 is 15.2 Å². The van der Waals surface area contributed by atoms with E-state index >= 15 is 0 Å². The van der Waals surface area contributed by atoms with Gasteiger partial charge in [-0.15, -0.1) is 0 Å². The van der Waals surface area contributed by atoms with Crippen molar-refractivity contribution in [3.63, 3.8) is 0 Å². The van der Waals surface area contributed by atoms with Crippen molar-refractivity contribution in [2.75, 3.05) is 20.3 Å². The first-order valence-electron chi connectivity index (χ1n) is 6.01. The van der Waals surface area contributed by atoms with E-state index in [-0.39, 0.29) is 11.6 Å². The van der Waals surface area contributed by atoms with Gasteiger partial charge in [-0.25, -0.2) is 4.39 Å². The molecule has 0 saturated heterocycles. The van der Waals surface area contributed by atoms with Crippen LogP contribution in [-0.2, 0) is 0 Å². The molecule has 0 atom stereocenters. The predicted octanol–water partition coefficient (Wildman–Crippen LogP) is 2.84. The molecule has 3 nitrogen and oxygen atoms in total. The zero-order chi connectivity index (χ0) is 13.7. The average molecular weight is 261 g/mol. The fourth-order valence-corrected chi connectivity index (χ4v) is 1.75. The number of nitrogens with two attached hydrogens (primary N) is 1. The quantitative estimate of drug-likeness (QED) is 0.900. The van der Waals surface area contributed by atoms with Gasteiger partial charge in [-0.3, -0.25) is 0 Å². The van der Waals surface area contributed by atoms with Crippen LogP contribution in [0, 0.1) is 5.82 Å². The van der Waals surface area contributed by atoms with Crippen LogP contribution in [0.5, 0.6) is 11.5 Å². The first-order chi connectivity index (χ1) is 9.24. The average Bonchev–Trinajstić information content (AvgIpc) is 2.46. The zero-order valence-electron chi connectivity index (χ0n) is 10.7. The summed E-state index contributed by atoms with van der Waals surface area (Å²) < 4.78 is 24.1. The molecule has 2 aromatic rings. The summed E-state index contributed by atoms with van der Waals surface area (Å²) in [6.45, 7) is 0.665. The summed E-state index contributed by atoms with van der Waals surface area (Å²) in [6, 6.07) is 12.3. The Balaban J connectivity index is 2.22. The van der Waals surface area contributed by atoms with Gasteiger partial charge >= 0.3 is 0 Å². The second-order valence-corrected chi connectivity index (χ2v) is 4.01. The highest BCUT2D eigenvalue weighted by molar-refractivity contribution is 5.65. The summed E-state index contributed by atoms with van der Waals surface area (Å²) in [5.74, 6) is 0.608. The van der Waals surface area contributed by atoms with E-state index in [0.717, 1.165) is 16.9 Å². The number of benzene rings is 2. The summed E-state index contributed by atoms with van der Waals surface area (Å²) in [4.78, 5) is 0. The van der Waals surface area contributed by atoms with Crippen LogP contribution in [0.15, 0.2) is 42.5 Å². The fourth-order valence-electron chi connectivity index (χ4n) is 1.75. The molecule has 0 amide bonds. The Labute approximate surface area is 111 Å². The molecule has 0 aliphatic heterocycles. The normalized spacial score (nSPS) is 10.3. The van der Waals surface area contributed by atoms with E-state index in [4.69, 9.17) is 15.2 Å². The lowest BCUT2D eigenvalue weighted by Gasteiger charge is -2.08. The van der Waals surface area contributed by atoms with Gasteiger partial charge in [0.1, 0.15) is 12.4 Å². The smallest absolute Gasteiger partial charge is 0.165 e. The summed E-state index contributed by atoms with van der Waals surface area (Å²) in [5, 5.41) is 0. The summed E-state index contributed by atoms with van der Waals surface area (Å²) >= 11 is 0. The van der Waals surface area contributed by atoms with E-state index in [1.807, 2.05) is 30.3 Å². The van der Waals surface area contributed by atoms with Crippen molar-refractivity contribution >= 4 is 0 Å². The minimum atomic E-state index is -0.387. The van der Waals surface area contributed by atoms with E-state index in [1.165, 1.54) is 6.07 Å². The molecule has 0 aliphatic rings. The molecule has 2 rings (SSSR count). The highest BCUT2D eigenvalue weighted by Crippen LogP contribution is 2.27. The molecule has 2 N–H and O–H groups in total. The molecule has 2 aromatic carbocycles. The van der Waals surface area contributed by atoms with Crippen molar-refractivity contribution in [2.45, 2.75) is 0 Å². The second-order valence-electron chi connectivity index (χ2n) is 4.01. The molecule has 4 heteroatoms. The molecule has 19 heavy (non-hydrogen) atoms. The number of halogens is 1. The SMILES string of the molecule is COc1ccc(-c2ccc(OCCN)c(F)c2)cc1. The maximum Gasteiger partial charge on any atom is 0.165 e. The van der Waals surface area contributed by atoms with E-state index < -0.39 is 0 Å². The van der Waals surface area contributed by atoms with Gasteiger partial charge in [-0.2, -0.15) is 0 Å². The van der Waals surface area contributed by atoms with Crippen LogP contribution in [-0.4, -0.2) is 20.3 Å². The third kappa shape index (κ3) is 3.23. The summed E-state index contributed by atoms with van der Waals surface area (Å²) in [6.07, 6.45) is 0. The van der Waals surface area contributed by atoms with Gasteiger partial charge in [-0.05, 0) is 35.4 Å². The van der Waals surface area contributed by atoms with Gasteiger partial charge in [0.05, 0.1) is 7.11 Å². The van der Waals surface area contributed by atoms with Gasteiger partial charge in [0.25, 0.3) is 0 Å². The van der Waals surface area contributed by atoms with E-state index in [2.05, 4.69) is 0 Å². The van der Waals surface area contributed by atoms with Crippen molar-refractivity contribution in [3.05, 3.63) is 48.3 Å². The maximum atomic E-state index is 13.8. The van der Waals surface area contributed by atoms with Crippen molar-refractivity contribution in [2.24, 2.45) is 5.73 Å². The van der Waals surface area contributed by atoms with Crippen molar-refractivity contribution in [3.8, 4) is 22.6 Å². The molecule has 100 valence electrons. The number of methoxy groups -OCH3 is 1. The topological polar surface area (TPSA) is 44.5 Å². The molecular weight excluding hydrogens is 245 g/mol. The molecule has 0 heterocycles. The molecular formula is C15H16FNO2. The minimum Gasteiger partial charge on any atom is -0.497 e. The maximum absolute atomic E-state index is 13.8. The van der Waals surface area contributed by atoms with Gasteiger partial charge in [-0.1, -0.05) is 18.2 Å². The third-order valence-corrected chi connectivity index (χ3v) is 2.73.